The fourth-order valence-electron chi connectivity index (χ4n) is 0.998. The molecule has 1 aromatic heterocycles. The molecular weight excluding hydrogens is 243 g/mol. The number of carbonyl (C=O) groups is 1. The van der Waals surface area contributed by atoms with Crippen LogP contribution in [0.25, 0.3) is 0 Å². The van der Waals surface area contributed by atoms with Gasteiger partial charge in [0.05, 0.1) is 4.75 Å². The molecule has 0 saturated heterocycles. The Hall–Kier alpha value is -1.05. The first-order valence-corrected chi connectivity index (χ1v) is 5.15. The fraction of sp³-hybridized carbons (Fsp3) is 0.625. The predicted molar refractivity (Wildman–Crippen MR) is 52.8 cm³/mol. The van der Waals surface area contributed by atoms with Crippen LogP contribution in [0, 0.1) is 0 Å². The maximum Gasteiger partial charge on any atom is 0.442 e. The number of rotatable bonds is 4. The Morgan fingerprint density at radius 3 is 2.50 bits per heavy atom. The van der Waals surface area contributed by atoms with Crippen LogP contribution in [-0.4, -0.2) is 30.8 Å². The lowest BCUT2D eigenvalue weighted by molar-refractivity contribution is -0.121. The van der Waals surface area contributed by atoms with E-state index in [0.29, 0.717) is 0 Å². The number of alkyl halides is 3. The van der Waals surface area contributed by atoms with Crippen molar-refractivity contribution in [1.82, 2.24) is 14.8 Å². The lowest BCUT2D eigenvalue weighted by Gasteiger charge is -2.23. The number of halogens is 3. The third-order valence-electron chi connectivity index (χ3n) is 1.81. The Morgan fingerprint density at radius 1 is 1.44 bits per heavy atom. The number of hydrogen-bond donors (Lipinski definition) is 0. The van der Waals surface area contributed by atoms with Gasteiger partial charge in [0, 0.05) is 0 Å². The van der Waals surface area contributed by atoms with Crippen LogP contribution in [0.2, 0.25) is 0 Å². The molecule has 0 fully saturated rings. The molecule has 0 amide bonds. The highest BCUT2D eigenvalue weighted by molar-refractivity contribution is 8.02. The lowest BCUT2D eigenvalue weighted by Crippen LogP contribution is -2.34. The molecule has 1 aromatic rings. The summed E-state index contributed by atoms with van der Waals surface area (Å²) in [4.78, 5) is 15.2. The zero-order valence-electron chi connectivity index (χ0n) is 8.65. The monoisotopic (exact) mass is 253 g/mol. The number of aromatic nitrogens is 3. The van der Waals surface area contributed by atoms with E-state index in [4.69, 9.17) is 0 Å². The summed E-state index contributed by atoms with van der Waals surface area (Å²) in [6, 6.07) is 0. The smallest absolute Gasteiger partial charge is 0.296 e. The molecule has 0 unspecified atom stereocenters. The minimum Gasteiger partial charge on any atom is -0.296 e. The largest absolute Gasteiger partial charge is 0.442 e. The van der Waals surface area contributed by atoms with E-state index in [0.717, 1.165) is 0 Å². The molecular formula is C8H10F3N3OS. The molecule has 90 valence electrons. The highest BCUT2D eigenvalue weighted by atomic mass is 32.2. The van der Waals surface area contributed by atoms with Crippen molar-refractivity contribution in [3.05, 3.63) is 12.7 Å². The van der Waals surface area contributed by atoms with Crippen molar-refractivity contribution in [2.24, 2.45) is 0 Å². The van der Waals surface area contributed by atoms with Crippen LogP contribution in [0.15, 0.2) is 12.7 Å². The van der Waals surface area contributed by atoms with Crippen LogP contribution in [0.3, 0.4) is 0 Å². The van der Waals surface area contributed by atoms with Gasteiger partial charge in [-0.3, -0.25) is 4.79 Å². The zero-order chi connectivity index (χ0) is 12.4. The second-order valence-corrected chi connectivity index (χ2v) is 5.26. The standard InChI is InChI=1S/C8H10F3N3OS/c1-7(2,16-8(9,10)11)6(15)3-14-5-12-4-13-14/h4-5H,3H2,1-2H3. The number of Topliss-reactive ketones (excluding diaryl/α,β-unsaturated/α-hetero) is 1. The molecule has 0 atom stereocenters. The maximum atomic E-state index is 12.2. The van der Waals surface area contributed by atoms with Gasteiger partial charge in [0.1, 0.15) is 19.2 Å². The van der Waals surface area contributed by atoms with E-state index in [1.807, 2.05) is 0 Å². The van der Waals surface area contributed by atoms with Crippen molar-refractivity contribution < 1.29 is 18.0 Å². The van der Waals surface area contributed by atoms with Crippen LogP contribution < -0.4 is 0 Å². The summed E-state index contributed by atoms with van der Waals surface area (Å²) < 4.78 is 36.2. The molecule has 0 spiro atoms. The Bertz CT molecular complexity index is 361. The van der Waals surface area contributed by atoms with E-state index in [2.05, 4.69) is 10.1 Å². The Kier molecular flexibility index (Phi) is 3.61. The van der Waals surface area contributed by atoms with E-state index in [-0.39, 0.29) is 18.3 Å². The Balaban J connectivity index is 2.65. The van der Waals surface area contributed by atoms with E-state index >= 15 is 0 Å². The van der Waals surface area contributed by atoms with Crippen molar-refractivity contribution in [3.8, 4) is 0 Å². The van der Waals surface area contributed by atoms with Gasteiger partial charge in [-0.1, -0.05) is 0 Å². The summed E-state index contributed by atoms with van der Waals surface area (Å²) in [7, 11) is 0. The van der Waals surface area contributed by atoms with Crippen LogP contribution in [-0.2, 0) is 11.3 Å². The van der Waals surface area contributed by atoms with E-state index in [9.17, 15) is 18.0 Å². The van der Waals surface area contributed by atoms with Crippen LogP contribution in [0.5, 0.6) is 0 Å². The van der Waals surface area contributed by atoms with E-state index in [1.54, 1.807) is 0 Å². The van der Waals surface area contributed by atoms with Gasteiger partial charge in [0.2, 0.25) is 0 Å². The summed E-state index contributed by atoms with van der Waals surface area (Å²) in [5, 5.41) is 3.66. The molecule has 8 heteroatoms. The van der Waals surface area contributed by atoms with Crippen molar-refractivity contribution in [2.45, 2.75) is 30.6 Å². The highest BCUT2D eigenvalue weighted by Crippen LogP contribution is 2.40. The molecule has 4 nitrogen and oxygen atoms in total. The SMILES string of the molecule is CC(C)(SC(F)(F)F)C(=O)Cn1cncn1. The summed E-state index contributed by atoms with van der Waals surface area (Å²) in [5.41, 5.74) is -4.43. The predicted octanol–water partition coefficient (Wildman–Crippen LogP) is 1.88. The minimum absolute atomic E-state index is 0.212. The average Bonchev–Trinajstić information content (AvgIpc) is 2.51. The number of ketones is 1. The molecule has 0 radical (unpaired) electrons. The molecule has 0 aromatic carbocycles. The van der Waals surface area contributed by atoms with Crippen LogP contribution in [0.4, 0.5) is 13.2 Å². The first-order valence-electron chi connectivity index (χ1n) is 4.33. The van der Waals surface area contributed by atoms with Gasteiger partial charge in [-0.2, -0.15) is 18.3 Å². The maximum absolute atomic E-state index is 12.2. The average molecular weight is 253 g/mol. The van der Waals surface area contributed by atoms with E-state index in [1.165, 1.54) is 31.2 Å². The van der Waals surface area contributed by atoms with Gasteiger partial charge in [0.25, 0.3) is 0 Å². The second-order valence-electron chi connectivity index (χ2n) is 3.57. The first kappa shape index (κ1) is 13.0. The van der Waals surface area contributed by atoms with Gasteiger partial charge in [-0.25, -0.2) is 9.67 Å². The van der Waals surface area contributed by atoms with Crippen LogP contribution in [0.1, 0.15) is 13.8 Å². The summed E-state index contributed by atoms with van der Waals surface area (Å²) in [6.45, 7) is 2.27. The number of nitrogens with zero attached hydrogens (tertiary/aromatic N) is 3. The zero-order valence-corrected chi connectivity index (χ0v) is 9.47. The van der Waals surface area contributed by atoms with Gasteiger partial charge < -0.3 is 0 Å². The third kappa shape index (κ3) is 3.84. The van der Waals surface area contributed by atoms with Crippen LogP contribution >= 0.6 is 11.8 Å². The molecule has 0 aliphatic rings. The molecule has 16 heavy (non-hydrogen) atoms. The third-order valence-corrected chi connectivity index (χ3v) is 2.78. The van der Waals surface area contributed by atoms with Gasteiger partial charge in [0.15, 0.2) is 5.78 Å². The molecule has 0 N–H and O–H groups in total. The Labute approximate surface area is 94.2 Å². The molecule has 1 heterocycles. The van der Waals surface area contributed by atoms with Gasteiger partial charge in [-0.05, 0) is 25.6 Å². The summed E-state index contributed by atoms with van der Waals surface area (Å²) >= 11 is -0.322. The fourth-order valence-corrected chi connectivity index (χ4v) is 1.76. The number of carbonyl (C=O) groups excluding carboxylic acids is 1. The minimum atomic E-state index is -4.43. The number of hydrogen-bond acceptors (Lipinski definition) is 4. The van der Waals surface area contributed by atoms with E-state index < -0.39 is 16.0 Å². The van der Waals surface area contributed by atoms with Crippen molar-refractivity contribution >= 4 is 17.5 Å². The molecule has 0 aliphatic carbocycles. The molecule has 0 bridgehead atoms. The highest BCUT2D eigenvalue weighted by Gasteiger charge is 2.41. The molecule has 1 rings (SSSR count). The Morgan fingerprint density at radius 2 is 2.06 bits per heavy atom. The molecule has 0 aliphatic heterocycles. The summed E-state index contributed by atoms with van der Waals surface area (Å²) in [6.07, 6.45) is 2.50. The van der Waals surface area contributed by atoms with Gasteiger partial charge in [-0.15, -0.1) is 0 Å². The number of thioether (sulfide) groups is 1. The quantitative estimate of drug-likeness (QED) is 0.822. The lowest BCUT2D eigenvalue weighted by atomic mass is 10.1. The summed E-state index contributed by atoms with van der Waals surface area (Å²) in [5.74, 6) is -0.555. The van der Waals surface area contributed by atoms with Crippen molar-refractivity contribution in [3.63, 3.8) is 0 Å². The van der Waals surface area contributed by atoms with Crippen molar-refractivity contribution in [1.29, 1.82) is 0 Å². The first-order chi connectivity index (χ1) is 7.21. The van der Waals surface area contributed by atoms with Gasteiger partial charge >= 0.3 is 5.51 Å². The molecule has 0 saturated carbocycles. The second kappa shape index (κ2) is 4.44. The topological polar surface area (TPSA) is 47.8 Å². The van der Waals surface area contributed by atoms with Crippen molar-refractivity contribution in [2.75, 3.05) is 0 Å². The normalized spacial score (nSPS) is 12.8.